The fourth-order valence-corrected chi connectivity index (χ4v) is 2.43. The zero-order valence-electron chi connectivity index (χ0n) is 11.2. The van der Waals surface area contributed by atoms with E-state index in [0.29, 0.717) is 12.1 Å². The van der Waals surface area contributed by atoms with Gasteiger partial charge < -0.3 is 11.1 Å². The molecule has 0 unspecified atom stereocenters. The summed E-state index contributed by atoms with van der Waals surface area (Å²) in [6.07, 6.45) is 2.80. The van der Waals surface area contributed by atoms with Crippen LogP contribution in [0.1, 0.15) is 12.8 Å². The molecule has 0 aliphatic heterocycles. The molecule has 2 aromatic rings. The number of thioether (sulfide) groups is 1. The summed E-state index contributed by atoms with van der Waals surface area (Å²) >= 11 is 1.60. The third kappa shape index (κ3) is 4.27. The number of hydrogen-bond donors (Lipinski definition) is 2. The van der Waals surface area contributed by atoms with Gasteiger partial charge in [-0.3, -0.25) is 4.79 Å². The van der Waals surface area contributed by atoms with E-state index in [1.165, 1.54) is 6.33 Å². The second kappa shape index (κ2) is 6.95. The molecule has 7 heteroatoms. The van der Waals surface area contributed by atoms with Crippen LogP contribution in [0, 0.1) is 0 Å². The van der Waals surface area contributed by atoms with Gasteiger partial charge in [0.1, 0.15) is 6.33 Å². The fourth-order valence-electron chi connectivity index (χ4n) is 1.60. The molecule has 20 heavy (non-hydrogen) atoms. The van der Waals surface area contributed by atoms with Gasteiger partial charge in [-0.1, -0.05) is 11.8 Å². The van der Waals surface area contributed by atoms with Crippen molar-refractivity contribution < 1.29 is 4.79 Å². The normalized spacial score (nSPS) is 10.4. The summed E-state index contributed by atoms with van der Waals surface area (Å²) < 4.78 is 1.72. The lowest BCUT2D eigenvalue weighted by molar-refractivity contribution is -0.116. The van der Waals surface area contributed by atoms with Gasteiger partial charge in [-0.05, 0) is 30.7 Å². The van der Waals surface area contributed by atoms with Crippen molar-refractivity contribution in [3.8, 4) is 0 Å². The Kier molecular flexibility index (Phi) is 5.00. The first-order chi connectivity index (χ1) is 9.65. The minimum Gasteiger partial charge on any atom is -0.399 e. The molecule has 0 aliphatic carbocycles. The monoisotopic (exact) mass is 291 g/mol. The van der Waals surface area contributed by atoms with Gasteiger partial charge >= 0.3 is 0 Å². The standard InChI is InChI=1S/C13H17N5OS/c1-18-13(15-9-16-18)20-8-2-3-12(19)17-11-6-4-10(14)5-7-11/h4-7,9H,2-3,8,14H2,1H3,(H,17,19). The first-order valence-corrected chi connectivity index (χ1v) is 7.26. The van der Waals surface area contributed by atoms with Crippen molar-refractivity contribution in [2.24, 2.45) is 7.05 Å². The summed E-state index contributed by atoms with van der Waals surface area (Å²) in [5.41, 5.74) is 7.04. The third-order valence-electron chi connectivity index (χ3n) is 2.64. The molecule has 1 amide bonds. The van der Waals surface area contributed by atoms with Crippen molar-refractivity contribution in [1.29, 1.82) is 0 Å². The van der Waals surface area contributed by atoms with Crippen LogP contribution in [0.15, 0.2) is 35.7 Å². The number of nitrogens with two attached hydrogens (primary N) is 1. The lowest BCUT2D eigenvalue weighted by Gasteiger charge is -2.05. The average molecular weight is 291 g/mol. The number of rotatable bonds is 6. The largest absolute Gasteiger partial charge is 0.399 e. The number of hydrogen-bond acceptors (Lipinski definition) is 5. The molecule has 0 radical (unpaired) electrons. The Morgan fingerprint density at radius 1 is 1.40 bits per heavy atom. The van der Waals surface area contributed by atoms with E-state index >= 15 is 0 Å². The number of carbonyl (C=O) groups excluding carboxylic acids is 1. The number of aryl methyl sites for hydroxylation is 1. The Morgan fingerprint density at radius 2 is 2.15 bits per heavy atom. The van der Waals surface area contributed by atoms with Crippen LogP contribution in [0.25, 0.3) is 0 Å². The molecule has 1 heterocycles. The summed E-state index contributed by atoms with van der Waals surface area (Å²) in [5.74, 6) is 0.843. The van der Waals surface area contributed by atoms with Crippen LogP contribution in [0.3, 0.4) is 0 Å². The van der Waals surface area contributed by atoms with Crippen molar-refractivity contribution in [1.82, 2.24) is 14.8 Å². The summed E-state index contributed by atoms with van der Waals surface area (Å²) in [6, 6.07) is 7.11. The van der Waals surface area contributed by atoms with Crippen LogP contribution in [-0.4, -0.2) is 26.4 Å². The predicted octanol–water partition coefficient (Wildman–Crippen LogP) is 1.91. The van der Waals surface area contributed by atoms with E-state index in [9.17, 15) is 4.79 Å². The molecular weight excluding hydrogens is 274 g/mol. The van der Waals surface area contributed by atoms with Crippen molar-refractivity contribution in [2.75, 3.05) is 16.8 Å². The Labute approximate surface area is 121 Å². The van der Waals surface area contributed by atoms with Gasteiger partial charge in [-0.25, -0.2) is 9.67 Å². The van der Waals surface area contributed by atoms with E-state index in [0.717, 1.165) is 23.0 Å². The minimum absolute atomic E-state index is 0.00772. The van der Waals surface area contributed by atoms with Crippen molar-refractivity contribution in [2.45, 2.75) is 18.0 Å². The number of aromatic nitrogens is 3. The van der Waals surface area contributed by atoms with Gasteiger partial charge in [0.25, 0.3) is 0 Å². The zero-order valence-corrected chi connectivity index (χ0v) is 12.1. The van der Waals surface area contributed by atoms with Gasteiger partial charge in [-0.15, -0.1) is 0 Å². The van der Waals surface area contributed by atoms with Gasteiger partial charge in [0.05, 0.1) is 0 Å². The Hall–Kier alpha value is -2.02. The number of anilines is 2. The Balaban J connectivity index is 1.68. The molecule has 0 atom stereocenters. The van der Waals surface area contributed by atoms with Crippen LogP contribution in [0.2, 0.25) is 0 Å². The number of nitrogen functional groups attached to an aromatic ring is 1. The Bertz CT molecular complexity index is 566. The number of nitrogens with one attached hydrogen (secondary N) is 1. The van der Waals surface area contributed by atoms with E-state index in [-0.39, 0.29) is 5.91 Å². The van der Waals surface area contributed by atoms with E-state index in [1.807, 2.05) is 7.05 Å². The number of carbonyl (C=O) groups is 1. The first-order valence-electron chi connectivity index (χ1n) is 6.27. The van der Waals surface area contributed by atoms with E-state index in [1.54, 1.807) is 40.7 Å². The molecule has 0 saturated heterocycles. The first kappa shape index (κ1) is 14.4. The molecule has 0 bridgehead atoms. The molecule has 0 spiro atoms. The summed E-state index contributed by atoms with van der Waals surface area (Å²) in [7, 11) is 1.85. The molecule has 106 valence electrons. The molecule has 0 aliphatic rings. The van der Waals surface area contributed by atoms with Crippen molar-refractivity contribution in [3.05, 3.63) is 30.6 Å². The van der Waals surface area contributed by atoms with Gasteiger partial charge in [-0.2, -0.15) is 5.10 Å². The van der Waals surface area contributed by atoms with Crippen molar-refractivity contribution in [3.63, 3.8) is 0 Å². The molecule has 2 rings (SSSR count). The van der Waals surface area contributed by atoms with E-state index < -0.39 is 0 Å². The molecule has 0 fully saturated rings. The maximum Gasteiger partial charge on any atom is 0.224 e. The predicted molar refractivity (Wildman–Crippen MR) is 80.4 cm³/mol. The molecule has 0 saturated carbocycles. The maximum absolute atomic E-state index is 11.7. The average Bonchev–Trinajstić information content (AvgIpc) is 2.83. The topological polar surface area (TPSA) is 85.8 Å². The van der Waals surface area contributed by atoms with Crippen LogP contribution < -0.4 is 11.1 Å². The molecule has 1 aromatic heterocycles. The van der Waals surface area contributed by atoms with Crippen LogP contribution in [0.4, 0.5) is 11.4 Å². The Morgan fingerprint density at radius 3 is 2.80 bits per heavy atom. The smallest absolute Gasteiger partial charge is 0.224 e. The van der Waals surface area contributed by atoms with Crippen molar-refractivity contribution >= 4 is 29.0 Å². The maximum atomic E-state index is 11.7. The number of nitrogens with zero attached hydrogens (tertiary/aromatic N) is 3. The van der Waals surface area contributed by atoms with Crippen LogP contribution in [-0.2, 0) is 11.8 Å². The van der Waals surface area contributed by atoms with E-state index in [4.69, 9.17) is 5.73 Å². The third-order valence-corrected chi connectivity index (χ3v) is 3.76. The molecular formula is C13H17N5OS. The molecule has 3 N–H and O–H groups in total. The summed E-state index contributed by atoms with van der Waals surface area (Å²) in [5, 5.41) is 7.69. The second-order valence-corrected chi connectivity index (χ2v) is 5.35. The molecule has 6 nitrogen and oxygen atoms in total. The second-order valence-electron chi connectivity index (χ2n) is 4.29. The minimum atomic E-state index is 0.00772. The fraction of sp³-hybridized carbons (Fsp3) is 0.308. The quantitative estimate of drug-likeness (QED) is 0.482. The summed E-state index contributed by atoms with van der Waals surface area (Å²) in [6.45, 7) is 0. The highest BCUT2D eigenvalue weighted by Gasteiger charge is 2.04. The van der Waals surface area contributed by atoms with Gasteiger partial charge in [0, 0.05) is 30.6 Å². The SMILES string of the molecule is Cn1ncnc1SCCCC(=O)Nc1ccc(N)cc1. The molecule has 1 aromatic carbocycles. The number of amides is 1. The summed E-state index contributed by atoms with van der Waals surface area (Å²) in [4.78, 5) is 15.9. The van der Waals surface area contributed by atoms with Gasteiger partial charge in [0.2, 0.25) is 5.91 Å². The lowest BCUT2D eigenvalue weighted by atomic mass is 10.2. The van der Waals surface area contributed by atoms with Crippen LogP contribution >= 0.6 is 11.8 Å². The van der Waals surface area contributed by atoms with Gasteiger partial charge in [0.15, 0.2) is 5.16 Å². The highest BCUT2D eigenvalue weighted by molar-refractivity contribution is 7.99. The highest BCUT2D eigenvalue weighted by Crippen LogP contribution is 2.16. The highest BCUT2D eigenvalue weighted by atomic mass is 32.2. The zero-order chi connectivity index (χ0) is 14.4. The van der Waals surface area contributed by atoms with Crippen LogP contribution in [0.5, 0.6) is 0 Å². The lowest BCUT2D eigenvalue weighted by Crippen LogP contribution is -2.11. The number of benzene rings is 1. The van der Waals surface area contributed by atoms with E-state index in [2.05, 4.69) is 15.4 Å².